The molecule has 0 atom stereocenters. The Morgan fingerprint density at radius 3 is 2.39 bits per heavy atom. The van der Waals surface area contributed by atoms with Crippen molar-refractivity contribution in [1.82, 2.24) is 4.31 Å². The molecule has 1 heterocycles. The van der Waals surface area contributed by atoms with Gasteiger partial charge in [-0.05, 0) is 30.5 Å². The van der Waals surface area contributed by atoms with E-state index in [1.165, 1.54) is 0 Å². The summed E-state index contributed by atoms with van der Waals surface area (Å²) in [7, 11) is -3.40. The van der Waals surface area contributed by atoms with Crippen molar-refractivity contribution in [2.75, 3.05) is 13.1 Å². The highest BCUT2D eigenvalue weighted by Gasteiger charge is 2.24. The van der Waals surface area contributed by atoms with Gasteiger partial charge in [0.2, 0.25) is 10.0 Å². The standard InChI is InChI=1S/C13H19NO3S/c15-11-12-6-5-7-13(10-12)18(16,17)14-8-3-1-2-4-9-14/h5-7,10,15H,1-4,8-9,11H2. The molecule has 0 aliphatic carbocycles. The lowest BCUT2D eigenvalue weighted by atomic mass is 10.2. The summed E-state index contributed by atoms with van der Waals surface area (Å²) in [4.78, 5) is 0.288. The zero-order valence-corrected chi connectivity index (χ0v) is 11.2. The largest absolute Gasteiger partial charge is 0.392 e. The normalized spacial score (nSPS) is 18.5. The van der Waals surface area contributed by atoms with Gasteiger partial charge in [0.05, 0.1) is 11.5 Å². The van der Waals surface area contributed by atoms with Gasteiger partial charge in [0.25, 0.3) is 0 Å². The lowest BCUT2D eigenvalue weighted by Crippen LogP contribution is -2.31. The molecule has 2 rings (SSSR count). The molecule has 100 valence electrons. The van der Waals surface area contributed by atoms with Crippen LogP contribution in [-0.4, -0.2) is 30.9 Å². The Bertz CT molecular complexity index is 491. The van der Waals surface area contributed by atoms with E-state index in [0.717, 1.165) is 25.7 Å². The molecule has 1 saturated heterocycles. The molecule has 18 heavy (non-hydrogen) atoms. The van der Waals surface area contributed by atoms with Crippen LogP contribution >= 0.6 is 0 Å². The molecule has 5 heteroatoms. The Kier molecular flexibility index (Phi) is 4.37. The summed E-state index contributed by atoms with van der Waals surface area (Å²) < 4.78 is 26.5. The van der Waals surface area contributed by atoms with E-state index in [0.29, 0.717) is 18.7 Å². The van der Waals surface area contributed by atoms with Gasteiger partial charge in [0.1, 0.15) is 0 Å². The zero-order chi connectivity index (χ0) is 13.0. The minimum Gasteiger partial charge on any atom is -0.392 e. The van der Waals surface area contributed by atoms with Crippen LogP contribution in [0, 0.1) is 0 Å². The maximum Gasteiger partial charge on any atom is 0.243 e. The molecule has 1 aliphatic heterocycles. The summed E-state index contributed by atoms with van der Waals surface area (Å²) in [6.07, 6.45) is 4.06. The van der Waals surface area contributed by atoms with Crippen molar-refractivity contribution in [2.45, 2.75) is 37.2 Å². The van der Waals surface area contributed by atoms with Crippen LogP contribution in [0.25, 0.3) is 0 Å². The number of hydrogen-bond donors (Lipinski definition) is 1. The molecule has 1 N–H and O–H groups in total. The third-order valence-electron chi connectivity index (χ3n) is 3.28. The maximum atomic E-state index is 12.5. The molecule has 1 fully saturated rings. The van der Waals surface area contributed by atoms with E-state index >= 15 is 0 Å². The van der Waals surface area contributed by atoms with Crippen LogP contribution in [0.2, 0.25) is 0 Å². The van der Waals surface area contributed by atoms with E-state index < -0.39 is 10.0 Å². The summed E-state index contributed by atoms with van der Waals surface area (Å²) >= 11 is 0. The first-order valence-electron chi connectivity index (χ1n) is 6.34. The lowest BCUT2D eigenvalue weighted by molar-refractivity contribution is 0.281. The summed E-state index contributed by atoms with van der Waals surface area (Å²) in [6, 6.07) is 6.55. The molecule has 4 nitrogen and oxygen atoms in total. The van der Waals surface area contributed by atoms with Crippen molar-refractivity contribution in [3.8, 4) is 0 Å². The van der Waals surface area contributed by atoms with E-state index in [-0.39, 0.29) is 11.5 Å². The minimum absolute atomic E-state index is 0.136. The van der Waals surface area contributed by atoms with Gasteiger partial charge >= 0.3 is 0 Å². The number of benzene rings is 1. The van der Waals surface area contributed by atoms with Crippen LogP contribution in [0.3, 0.4) is 0 Å². The fourth-order valence-electron chi connectivity index (χ4n) is 2.24. The number of sulfonamides is 1. The fourth-order valence-corrected chi connectivity index (χ4v) is 3.82. The second-order valence-corrected chi connectivity index (χ2v) is 6.56. The number of aliphatic hydroxyl groups excluding tert-OH is 1. The molecule has 0 unspecified atom stereocenters. The van der Waals surface area contributed by atoms with Crippen molar-refractivity contribution in [1.29, 1.82) is 0 Å². The summed E-state index contributed by atoms with van der Waals surface area (Å²) in [5, 5.41) is 9.07. The third kappa shape index (κ3) is 2.91. The second-order valence-electron chi connectivity index (χ2n) is 4.62. The van der Waals surface area contributed by atoms with Crippen molar-refractivity contribution in [2.24, 2.45) is 0 Å². The van der Waals surface area contributed by atoms with E-state index in [4.69, 9.17) is 5.11 Å². The van der Waals surface area contributed by atoms with E-state index in [1.54, 1.807) is 28.6 Å². The van der Waals surface area contributed by atoms with Crippen LogP contribution in [0.5, 0.6) is 0 Å². The molecule has 0 aromatic heterocycles. The highest BCUT2D eigenvalue weighted by atomic mass is 32.2. The average molecular weight is 269 g/mol. The monoisotopic (exact) mass is 269 g/mol. The predicted octanol–water partition coefficient (Wildman–Crippen LogP) is 1.74. The molecular weight excluding hydrogens is 250 g/mol. The van der Waals surface area contributed by atoms with E-state index in [1.807, 2.05) is 0 Å². The zero-order valence-electron chi connectivity index (χ0n) is 10.4. The smallest absolute Gasteiger partial charge is 0.243 e. The van der Waals surface area contributed by atoms with Crippen molar-refractivity contribution < 1.29 is 13.5 Å². The van der Waals surface area contributed by atoms with Gasteiger partial charge in [-0.15, -0.1) is 0 Å². The molecule has 0 bridgehead atoms. The van der Waals surface area contributed by atoms with Crippen molar-refractivity contribution in [3.05, 3.63) is 29.8 Å². The number of rotatable bonds is 3. The van der Waals surface area contributed by atoms with Gasteiger partial charge in [-0.2, -0.15) is 4.31 Å². The molecule has 0 spiro atoms. The third-order valence-corrected chi connectivity index (χ3v) is 5.18. The van der Waals surface area contributed by atoms with Crippen molar-refractivity contribution >= 4 is 10.0 Å². The molecule has 0 radical (unpaired) electrons. The highest BCUT2D eigenvalue weighted by molar-refractivity contribution is 7.89. The summed E-state index contributed by atoms with van der Waals surface area (Å²) in [5.74, 6) is 0. The average Bonchev–Trinajstić information content (AvgIpc) is 2.68. The Hall–Kier alpha value is -0.910. The predicted molar refractivity (Wildman–Crippen MR) is 69.6 cm³/mol. The van der Waals surface area contributed by atoms with E-state index in [9.17, 15) is 8.42 Å². The lowest BCUT2D eigenvalue weighted by Gasteiger charge is -2.20. The van der Waals surface area contributed by atoms with Gasteiger partial charge < -0.3 is 5.11 Å². The maximum absolute atomic E-state index is 12.5. The van der Waals surface area contributed by atoms with Crippen LogP contribution < -0.4 is 0 Å². The molecule has 0 amide bonds. The molecule has 0 saturated carbocycles. The SMILES string of the molecule is O=S(=O)(c1cccc(CO)c1)N1CCCCCC1. The van der Waals surface area contributed by atoms with Crippen LogP contribution in [-0.2, 0) is 16.6 Å². The quantitative estimate of drug-likeness (QED) is 0.909. The first-order valence-corrected chi connectivity index (χ1v) is 7.78. The number of hydrogen-bond acceptors (Lipinski definition) is 3. The Morgan fingerprint density at radius 2 is 1.78 bits per heavy atom. The van der Waals surface area contributed by atoms with E-state index in [2.05, 4.69) is 0 Å². The van der Waals surface area contributed by atoms with Crippen LogP contribution in [0.4, 0.5) is 0 Å². The first-order chi connectivity index (χ1) is 8.64. The number of aliphatic hydroxyl groups is 1. The summed E-state index contributed by atoms with van der Waals surface area (Å²) in [5.41, 5.74) is 0.630. The summed E-state index contributed by atoms with van der Waals surface area (Å²) in [6.45, 7) is 1.07. The Labute approximate surface area is 108 Å². The second kappa shape index (κ2) is 5.82. The van der Waals surface area contributed by atoms with Crippen LogP contribution in [0.15, 0.2) is 29.2 Å². The van der Waals surface area contributed by atoms with Crippen LogP contribution in [0.1, 0.15) is 31.2 Å². The number of nitrogens with zero attached hydrogens (tertiary/aromatic N) is 1. The Balaban J connectivity index is 2.28. The fraction of sp³-hybridized carbons (Fsp3) is 0.538. The molecular formula is C13H19NO3S. The molecule has 1 aliphatic rings. The molecule has 1 aromatic rings. The highest BCUT2D eigenvalue weighted by Crippen LogP contribution is 2.21. The van der Waals surface area contributed by atoms with Crippen molar-refractivity contribution in [3.63, 3.8) is 0 Å². The first kappa shape index (κ1) is 13.5. The minimum atomic E-state index is -3.40. The van der Waals surface area contributed by atoms with Gasteiger partial charge in [0, 0.05) is 13.1 Å². The topological polar surface area (TPSA) is 57.6 Å². The van der Waals surface area contributed by atoms with Gasteiger partial charge in [0.15, 0.2) is 0 Å². The Morgan fingerprint density at radius 1 is 1.11 bits per heavy atom. The van der Waals surface area contributed by atoms with Gasteiger partial charge in [-0.25, -0.2) is 8.42 Å². The molecule has 1 aromatic carbocycles. The van der Waals surface area contributed by atoms with Gasteiger partial charge in [-0.1, -0.05) is 25.0 Å². The van der Waals surface area contributed by atoms with Gasteiger partial charge in [-0.3, -0.25) is 0 Å².